The third-order valence-corrected chi connectivity index (χ3v) is 6.25. The maximum Gasteiger partial charge on any atom is 0.534 e. The lowest BCUT2D eigenvalue weighted by molar-refractivity contribution is -0.0499. The molecule has 9 heteroatoms. The van der Waals surface area contributed by atoms with Crippen LogP contribution in [0.25, 0.3) is 10.9 Å². The van der Waals surface area contributed by atoms with Crippen LogP contribution in [0.1, 0.15) is 0 Å². The number of aromatic nitrogens is 1. The van der Waals surface area contributed by atoms with E-state index in [0.717, 1.165) is 5.52 Å². The molecule has 0 aliphatic carbocycles. The zero-order valence-corrected chi connectivity index (χ0v) is 14.3. The largest absolute Gasteiger partial charge is 0.534 e. The summed E-state index contributed by atoms with van der Waals surface area (Å²) in [4.78, 5) is 0. The lowest BCUT2D eigenvalue weighted by Gasteiger charge is -2.21. The minimum atomic E-state index is -5.68. The molecule has 1 aromatic carbocycles. The van der Waals surface area contributed by atoms with Gasteiger partial charge in [0.25, 0.3) is 0 Å². The van der Waals surface area contributed by atoms with Gasteiger partial charge in [-0.15, -0.1) is 0 Å². The molecule has 0 radical (unpaired) electrons. The van der Waals surface area contributed by atoms with E-state index >= 15 is 0 Å². The van der Waals surface area contributed by atoms with E-state index in [1.807, 2.05) is 31.3 Å². The van der Waals surface area contributed by atoms with Crippen LogP contribution in [0.3, 0.4) is 0 Å². The monoisotopic (exact) mass is 351 g/mol. The van der Waals surface area contributed by atoms with Gasteiger partial charge in [-0.1, -0.05) is 19.6 Å². The van der Waals surface area contributed by atoms with Crippen LogP contribution in [0.2, 0.25) is 19.6 Å². The van der Waals surface area contributed by atoms with E-state index in [9.17, 15) is 21.6 Å². The van der Waals surface area contributed by atoms with E-state index in [-0.39, 0.29) is 5.75 Å². The Bertz CT molecular complexity index is 819. The van der Waals surface area contributed by atoms with E-state index in [1.165, 1.54) is 6.07 Å². The molecule has 2 rings (SSSR count). The Morgan fingerprint density at radius 3 is 2.27 bits per heavy atom. The van der Waals surface area contributed by atoms with Crippen molar-refractivity contribution in [1.29, 1.82) is 0 Å². The molecule has 0 spiro atoms. The summed E-state index contributed by atoms with van der Waals surface area (Å²) < 4.78 is 66.5. The van der Waals surface area contributed by atoms with Crippen molar-refractivity contribution in [2.75, 3.05) is 0 Å². The fraction of sp³-hybridized carbons (Fsp3) is 0.385. The normalized spacial score (nSPS) is 13.6. The van der Waals surface area contributed by atoms with Crippen molar-refractivity contribution in [3.8, 4) is 5.75 Å². The average Bonchev–Trinajstić information content (AvgIpc) is 2.66. The molecule has 0 aliphatic heterocycles. The summed E-state index contributed by atoms with van der Waals surface area (Å²) in [6.07, 6.45) is 1.75. The summed E-state index contributed by atoms with van der Waals surface area (Å²) in [5.41, 5.74) is -4.63. The molecule has 122 valence electrons. The Morgan fingerprint density at radius 2 is 1.77 bits per heavy atom. The van der Waals surface area contributed by atoms with Crippen LogP contribution >= 0.6 is 0 Å². The molecule has 0 aliphatic rings. The van der Waals surface area contributed by atoms with Gasteiger partial charge in [0.1, 0.15) is 5.75 Å². The number of alkyl halides is 3. The van der Waals surface area contributed by atoms with Crippen molar-refractivity contribution < 1.29 is 25.8 Å². The molecular formula is C13H16F3NO3SSi. The Balaban J connectivity index is 2.67. The summed E-state index contributed by atoms with van der Waals surface area (Å²) in [7, 11) is -5.99. The van der Waals surface area contributed by atoms with Crippen LogP contribution in [-0.4, -0.2) is 26.6 Å². The predicted octanol–water partition coefficient (Wildman–Crippen LogP) is 2.95. The zero-order chi connectivity index (χ0) is 16.9. The molecule has 0 N–H and O–H groups in total. The minimum Gasteiger partial charge on any atom is -0.376 e. The first-order valence-electron chi connectivity index (χ1n) is 6.43. The third-order valence-electron chi connectivity index (χ3n) is 3.28. The van der Waals surface area contributed by atoms with Gasteiger partial charge in [0, 0.05) is 24.1 Å². The highest BCUT2D eigenvalue weighted by atomic mass is 32.2. The van der Waals surface area contributed by atoms with Crippen molar-refractivity contribution in [3.63, 3.8) is 0 Å². The van der Waals surface area contributed by atoms with Gasteiger partial charge in [0.15, 0.2) is 0 Å². The number of aryl methyl sites for hydroxylation is 1. The molecule has 0 fully saturated rings. The second-order valence-electron chi connectivity index (χ2n) is 6.07. The second kappa shape index (κ2) is 5.02. The topological polar surface area (TPSA) is 48.3 Å². The summed E-state index contributed by atoms with van der Waals surface area (Å²) in [5, 5.41) is 1.14. The number of rotatable bonds is 3. The standard InChI is InChI=1S/C13H16F3NO3SSi/c1-17-6-5-9-7-11(20-21(18,19)13(14,15)16)12(8-10(9)17)22(2,3)4/h5-8H,1-4H3. The number of hydrogen-bond acceptors (Lipinski definition) is 3. The molecular weight excluding hydrogens is 335 g/mol. The molecule has 0 unspecified atom stereocenters. The Morgan fingerprint density at radius 1 is 1.18 bits per heavy atom. The number of hydrogen-bond donors (Lipinski definition) is 0. The fourth-order valence-electron chi connectivity index (χ4n) is 2.12. The molecule has 0 saturated heterocycles. The van der Waals surface area contributed by atoms with Crippen LogP contribution in [-0.2, 0) is 17.2 Å². The van der Waals surface area contributed by atoms with Gasteiger partial charge < -0.3 is 8.75 Å². The first kappa shape index (κ1) is 16.9. The minimum absolute atomic E-state index is 0.241. The van der Waals surface area contributed by atoms with Gasteiger partial charge in [0.2, 0.25) is 0 Å². The first-order chi connectivity index (χ1) is 9.83. The number of halogens is 3. The maximum absolute atomic E-state index is 12.6. The smallest absolute Gasteiger partial charge is 0.376 e. The van der Waals surface area contributed by atoms with Crippen molar-refractivity contribution in [3.05, 3.63) is 24.4 Å². The van der Waals surface area contributed by atoms with Crippen LogP contribution in [0.15, 0.2) is 24.4 Å². The third kappa shape index (κ3) is 3.00. The first-order valence-corrected chi connectivity index (χ1v) is 11.3. The lowest BCUT2D eigenvalue weighted by atomic mass is 10.2. The molecule has 0 atom stereocenters. The van der Waals surface area contributed by atoms with E-state index in [0.29, 0.717) is 10.6 Å². The molecule has 1 aromatic heterocycles. The molecule has 0 saturated carbocycles. The van der Waals surface area contributed by atoms with Gasteiger partial charge in [0.05, 0.1) is 8.07 Å². The van der Waals surface area contributed by atoms with Crippen molar-refractivity contribution in [2.45, 2.75) is 25.1 Å². The van der Waals surface area contributed by atoms with Gasteiger partial charge in [-0.05, 0) is 23.4 Å². The van der Waals surface area contributed by atoms with Crippen molar-refractivity contribution >= 4 is 34.3 Å². The fourth-order valence-corrected chi connectivity index (χ4v) is 4.09. The average molecular weight is 351 g/mol. The summed E-state index contributed by atoms with van der Waals surface area (Å²) in [6, 6.07) is 4.76. The Hall–Kier alpha value is -1.48. The van der Waals surface area contributed by atoms with Gasteiger partial charge in [-0.2, -0.15) is 21.6 Å². The summed E-state index contributed by atoms with van der Waals surface area (Å²) >= 11 is 0. The van der Waals surface area contributed by atoms with Crippen molar-refractivity contribution in [2.24, 2.45) is 7.05 Å². The van der Waals surface area contributed by atoms with Crippen LogP contribution in [0.4, 0.5) is 13.2 Å². The van der Waals surface area contributed by atoms with E-state index in [4.69, 9.17) is 0 Å². The van der Waals surface area contributed by atoms with E-state index in [1.54, 1.807) is 18.3 Å². The molecule has 0 amide bonds. The quantitative estimate of drug-likeness (QED) is 0.485. The van der Waals surface area contributed by atoms with E-state index < -0.39 is 23.7 Å². The summed E-state index contributed by atoms with van der Waals surface area (Å²) in [5.74, 6) is -0.241. The molecule has 0 bridgehead atoms. The molecule has 22 heavy (non-hydrogen) atoms. The molecule has 1 heterocycles. The Kier molecular flexibility index (Phi) is 3.85. The lowest BCUT2D eigenvalue weighted by Crippen LogP contribution is -2.40. The van der Waals surface area contributed by atoms with Crippen molar-refractivity contribution in [1.82, 2.24) is 4.57 Å². The van der Waals surface area contributed by atoms with Crippen LogP contribution < -0.4 is 9.37 Å². The molecule has 4 nitrogen and oxygen atoms in total. The SMILES string of the molecule is Cn1ccc2cc(OS(=O)(=O)C(F)(F)F)c([Si](C)(C)C)cc21. The highest BCUT2D eigenvalue weighted by molar-refractivity contribution is 7.88. The summed E-state index contributed by atoms with van der Waals surface area (Å²) in [6.45, 7) is 5.72. The highest BCUT2D eigenvalue weighted by Gasteiger charge is 2.49. The molecule has 2 aromatic rings. The number of benzene rings is 1. The van der Waals surface area contributed by atoms with Crippen LogP contribution in [0.5, 0.6) is 5.75 Å². The highest BCUT2D eigenvalue weighted by Crippen LogP contribution is 2.29. The number of nitrogens with zero attached hydrogens (tertiary/aromatic N) is 1. The number of fused-ring (bicyclic) bond motifs is 1. The van der Waals surface area contributed by atoms with E-state index in [2.05, 4.69) is 4.18 Å². The maximum atomic E-state index is 12.6. The Labute approximate surface area is 127 Å². The second-order valence-corrected chi connectivity index (χ2v) is 12.6. The van der Waals surface area contributed by atoms with Gasteiger partial charge >= 0.3 is 15.6 Å². The zero-order valence-electron chi connectivity index (χ0n) is 12.5. The van der Waals surface area contributed by atoms with Gasteiger partial charge in [-0.25, -0.2) is 0 Å². The predicted molar refractivity (Wildman–Crippen MR) is 81.5 cm³/mol. The van der Waals surface area contributed by atoms with Crippen LogP contribution in [0, 0.1) is 0 Å². The van der Waals surface area contributed by atoms with Gasteiger partial charge in [-0.3, -0.25) is 0 Å².